The predicted octanol–water partition coefficient (Wildman–Crippen LogP) is 9.53. The standard InChI is InChI=1S/C37H58O3S2/c1-23(2)31-27(39)21-37(16-11-25-22-41-19-20-42-25)18-17-35(7)26(32(31)37)9-10-29-34(6)14-13-30(40-24(3)38)33(4,5)28(34)12-15-36(29,35)8/h23,25-26,28-30H,9-22H2,1-8H3/t25?,26-,28+,29-,30+,34+,35-,36-,37+/m1/s1. The molecule has 0 aromatic heterocycles. The predicted molar refractivity (Wildman–Crippen MR) is 178 cm³/mol. The monoisotopic (exact) mass is 614 g/mol. The Hall–Kier alpha value is -0.420. The number of esters is 1. The molecular formula is C37H58O3S2. The van der Waals surface area contributed by atoms with Crippen molar-refractivity contribution in [3.8, 4) is 0 Å². The number of fused-ring (bicyclic) bond motifs is 7. The van der Waals surface area contributed by atoms with Gasteiger partial charge in [0.1, 0.15) is 6.10 Å². The lowest BCUT2D eigenvalue weighted by Crippen LogP contribution is -2.65. The van der Waals surface area contributed by atoms with Crippen LogP contribution in [0, 0.1) is 50.7 Å². The molecule has 1 aliphatic heterocycles. The lowest BCUT2D eigenvalue weighted by Gasteiger charge is -2.72. The third kappa shape index (κ3) is 4.57. The Morgan fingerprint density at radius 2 is 1.69 bits per heavy atom. The minimum Gasteiger partial charge on any atom is -0.462 e. The second-order valence-electron chi connectivity index (χ2n) is 17.0. The van der Waals surface area contributed by atoms with Crippen LogP contribution in [0.4, 0.5) is 0 Å². The van der Waals surface area contributed by atoms with Gasteiger partial charge in [0.05, 0.1) is 0 Å². The molecule has 0 aromatic carbocycles. The number of thioether (sulfide) groups is 2. The Morgan fingerprint density at radius 3 is 2.36 bits per heavy atom. The summed E-state index contributed by atoms with van der Waals surface area (Å²) in [5, 5.41) is 0.764. The number of hydrogen-bond donors (Lipinski definition) is 0. The first-order valence-electron chi connectivity index (χ1n) is 17.3. The van der Waals surface area contributed by atoms with E-state index in [0.717, 1.165) is 18.1 Å². The maximum Gasteiger partial charge on any atom is 0.302 e. The van der Waals surface area contributed by atoms with Crippen molar-refractivity contribution in [1.29, 1.82) is 0 Å². The summed E-state index contributed by atoms with van der Waals surface area (Å²) in [5.41, 5.74) is 3.82. The second-order valence-corrected chi connectivity index (χ2v) is 19.6. The molecule has 3 nitrogen and oxygen atoms in total. The van der Waals surface area contributed by atoms with E-state index in [0.29, 0.717) is 29.5 Å². The van der Waals surface area contributed by atoms with Crippen molar-refractivity contribution < 1.29 is 14.3 Å². The summed E-state index contributed by atoms with van der Waals surface area (Å²) in [4.78, 5) is 25.9. The number of rotatable bonds is 5. The molecule has 9 atom stereocenters. The molecule has 0 amide bonds. The van der Waals surface area contributed by atoms with Crippen LogP contribution >= 0.6 is 23.5 Å². The maximum absolute atomic E-state index is 13.9. The van der Waals surface area contributed by atoms with Gasteiger partial charge in [-0.05, 0) is 115 Å². The number of hydrogen-bond acceptors (Lipinski definition) is 5. The Kier molecular flexibility index (Phi) is 8.15. The van der Waals surface area contributed by atoms with Gasteiger partial charge in [-0.2, -0.15) is 23.5 Å². The Morgan fingerprint density at radius 1 is 0.929 bits per heavy atom. The first-order chi connectivity index (χ1) is 19.7. The van der Waals surface area contributed by atoms with Crippen LogP contribution in [0.5, 0.6) is 0 Å². The Bertz CT molecular complexity index is 1140. The number of allylic oxidation sites excluding steroid dienone is 2. The SMILES string of the molecule is CC(=O)O[C@H]1CC[C@]2(C)[C@H]3CC[C@@H]4C5=C(C(C)C)C(=O)C[C@]5(CCC5CSCCS5)CC[C@@]4(C)[C@]3(C)CC[C@H]2C1(C)C. The van der Waals surface area contributed by atoms with Gasteiger partial charge in [0.25, 0.3) is 0 Å². The molecule has 1 unspecified atom stereocenters. The van der Waals surface area contributed by atoms with Crippen molar-refractivity contribution in [2.75, 3.05) is 17.3 Å². The largest absolute Gasteiger partial charge is 0.462 e. The average Bonchev–Trinajstić information content (AvgIpc) is 3.22. The summed E-state index contributed by atoms with van der Waals surface area (Å²) in [5.74, 6) is 6.39. The van der Waals surface area contributed by atoms with E-state index in [1.165, 1.54) is 80.6 Å². The number of carbonyl (C=O) groups excluding carboxylic acids is 2. The zero-order chi connectivity index (χ0) is 30.3. The first-order valence-corrected chi connectivity index (χ1v) is 19.5. The van der Waals surface area contributed by atoms with E-state index in [1.54, 1.807) is 12.5 Å². The minimum atomic E-state index is -0.128. The number of Topliss-reactive ketones (excluding diaryl/α,β-unsaturated/α-hetero) is 1. The van der Waals surface area contributed by atoms with Crippen LogP contribution in [0.1, 0.15) is 126 Å². The fraction of sp³-hybridized carbons (Fsp3) is 0.892. The van der Waals surface area contributed by atoms with Crippen LogP contribution in [0.3, 0.4) is 0 Å². The van der Waals surface area contributed by atoms with Crippen LogP contribution in [-0.2, 0) is 14.3 Å². The van der Waals surface area contributed by atoms with E-state index in [4.69, 9.17) is 4.74 Å². The Labute approximate surface area is 265 Å². The van der Waals surface area contributed by atoms with Crippen molar-refractivity contribution in [2.24, 2.45) is 50.7 Å². The second kappa shape index (κ2) is 10.8. The van der Waals surface area contributed by atoms with Gasteiger partial charge in [-0.1, -0.05) is 54.0 Å². The molecular weight excluding hydrogens is 557 g/mol. The summed E-state index contributed by atoms with van der Waals surface area (Å²) < 4.78 is 5.96. The highest BCUT2D eigenvalue weighted by atomic mass is 32.2. The van der Waals surface area contributed by atoms with Gasteiger partial charge in [-0.15, -0.1) is 0 Å². The number of ketones is 1. The van der Waals surface area contributed by atoms with Crippen LogP contribution in [-0.4, -0.2) is 40.4 Å². The van der Waals surface area contributed by atoms with E-state index >= 15 is 0 Å². The third-order valence-electron chi connectivity index (χ3n) is 14.7. The van der Waals surface area contributed by atoms with E-state index < -0.39 is 0 Å². The highest BCUT2D eigenvalue weighted by molar-refractivity contribution is 8.06. The Balaban J connectivity index is 1.34. The van der Waals surface area contributed by atoms with Gasteiger partial charge < -0.3 is 4.74 Å². The average molecular weight is 615 g/mol. The zero-order valence-electron chi connectivity index (χ0n) is 27.9. The summed E-state index contributed by atoms with van der Waals surface area (Å²) in [7, 11) is 0. The fourth-order valence-corrected chi connectivity index (χ4v) is 15.3. The molecule has 4 saturated carbocycles. The fourth-order valence-electron chi connectivity index (χ4n) is 12.6. The molecule has 0 radical (unpaired) electrons. The van der Waals surface area contributed by atoms with Gasteiger partial charge in [0.2, 0.25) is 0 Å². The molecule has 1 saturated heterocycles. The maximum atomic E-state index is 13.9. The molecule has 0 spiro atoms. The van der Waals surface area contributed by atoms with Crippen molar-refractivity contribution >= 4 is 35.3 Å². The van der Waals surface area contributed by atoms with Gasteiger partial charge in [-0.25, -0.2) is 0 Å². The van der Waals surface area contributed by atoms with Crippen LogP contribution in [0.2, 0.25) is 0 Å². The lowest BCUT2D eigenvalue weighted by molar-refractivity contribution is -0.232. The molecule has 1 heterocycles. The van der Waals surface area contributed by atoms with Crippen LogP contribution in [0.15, 0.2) is 11.1 Å². The summed E-state index contributed by atoms with van der Waals surface area (Å²) in [6, 6.07) is 0. The minimum absolute atomic E-state index is 0.0000995. The first kappa shape index (κ1) is 31.6. The van der Waals surface area contributed by atoms with Crippen molar-refractivity contribution in [2.45, 2.75) is 137 Å². The highest BCUT2D eigenvalue weighted by Crippen LogP contribution is 2.77. The van der Waals surface area contributed by atoms with Crippen LogP contribution < -0.4 is 0 Å². The number of ether oxygens (including phenoxy) is 1. The van der Waals surface area contributed by atoms with Crippen molar-refractivity contribution in [3.05, 3.63) is 11.1 Å². The topological polar surface area (TPSA) is 43.4 Å². The van der Waals surface area contributed by atoms with Gasteiger partial charge >= 0.3 is 5.97 Å². The van der Waals surface area contributed by atoms with Crippen LogP contribution in [0.25, 0.3) is 0 Å². The molecule has 42 heavy (non-hydrogen) atoms. The zero-order valence-corrected chi connectivity index (χ0v) is 29.5. The molecule has 236 valence electrons. The molecule has 5 fully saturated rings. The van der Waals surface area contributed by atoms with E-state index in [-0.39, 0.29) is 39.1 Å². The number of carbonyl (C=O) groups is 2. The molecule has 6 rings (SSSR count). The highest BCUT2D eigenvalue weighted by Gasteiger charge is 2.70. The summed E-state index contributed by atoms with van der Waals surface area (Å²) >= 11 is 4.33. The van der Waals surface area contributed by atoms with Gasteiger partial charge in [0.15, 0.2) is 5.78 Å². The van der Waals surface area contributed by atoms with E-state index in [2.05, 4.69) is 72.0 Å². The molecule has 0 bridgehead atoms. The smallest absolute Gasteiger partial charge is 0.302 e. The van der Waals surface area contributed by atoms with Gasteiger partial charge in [-0.3, -0.25) is 9.59 Å². The quantitative estimate of drug-likeness (QED) is 0.289. The van der Waals surface area contributed by atoms with Crippen molar-refractivity contribution in [1.82, 2.24) is 0 Å². The molecule has 5 heteroatoms. The molecule has 6 aliphatic rings. The molecule has 5 aliphatic carbocycles. The summed E-state index contributed by atoms with van der Waals surface area (Å²) in [6.07, 6.45) is 13.0. The van der Waals surface area contributed by atoms with E-state index in [1.807, 2.05) is 0 Å². The molecule has 0 N–H and O–H groups in total. The normalized spacial score (nSPS) is 46.5. The lowest BCUT2D eigenvalue weighted by atomic mass is 9.33. The van der Waals surface area contributed by atoms with E-state index in [9.17, 15) is 9.59 Å². The third-order valence-corrected chi connectivity index (χ3v) is 17.6. The summed E-state index contributed by atoms with van der Waals surface area (Å²) in [6.45, 7) is 18.9. The van der Waals surface area contributed by atoms with Gasteiger partial charge in [0, 0.05) is 41.3 Å². The molecule has 0 aromatic rings. The van der Waals surface area contributed by atoms with Crippen molar-refractivity contribution in [3.63, 3.8) is 0 Å².